The first-order valence-corrected chi connectivity index (χ1v) is 9.43. The van der Waals surface area contributed by atoms with Gasteiger partial charge < -0.3 is 15.4 Å². The van der Waals surface area contributed by atoms with Crippen LogP contribution in [-0.4, -0.2) is 61.2 Å². The van der Waals surface area contributed by atoms with E-state index in [9.17, 15) is 24.0 Å². The molecule has 1 aliphatic heterocycles. The van der Waals surface area contributed by atoms with Crippen LogP contribution in [0.25, 0.3) is 10.8 Å². The van der Waals surface area contributed by atoms with Crippen LogP contribution in [0.4, 0.5) is 0 Å². The van der Waals surface area contributed by atoms with E-state index in [0.29, 0.717) is 16.5 Å². The number of likely N-dealkylation sites (N-methyl/N-ethyl adjacent to an activating group) is 1. The number of ether oxygens (including phenoxy) is 1. The smallest absolute Gasteiger partial charge is 0.306 e. The van der Waals surface area contributed by atoms with Gasteiger partial charge in [0.1, 0.15) is 0 Å². The van der Waals surface area contributed by atoms with Gasteiger partial charge in [-0.05, 0) is 23.9 Å². The number of amides is 4. The highest BCUT2D eigenvalue weighted by molar-refractivity contribution is 6.25. The van der Waals surface area contributed by atoms with E-state index >= 15 is 0 Å². The largest absolute Gasteiger partial charge is 0.456 e. The summed E-state index contributed by atoms with van der Waals surface area (Å²) >= 11 is 0. The fraction of sp³-hybridized carbons (Fsp3) is 0.286. The number of nitrogens with zero attached hydrogens (tertiary/aromatic N) is 1. The summed E-state index contributed by atoms with van der Waals surface area (Å²) in [5.41, 5.74) is 0.913. The van der Waals surface area contributed by atoms with Crippen molar-refractivity contribution in [1.29, 1.82) is 0 Å². The Bertz CT molecular complexity index is 982. The third-order valence-electron chi connectivity index (χ3n) is 4.71. The first-order valence-electron chi connectivity index (χ1n) is 9.43. The van der Waals surface area contributed by atoms with Gasteiger partial charge in [0.05, 0.1) is 6.54 Å². The molecule has 1 heterocycles. The van der Waals surface area contributed by atoms with Crippen LogP contribution in [0.1, 0.15) is 33.6 Å². The lowest BCUT2D eigenvalue weighted by molar-refractivity contribution is -0.148. The minimum Gasteiger partial charge on any atom is -0.456 e. The van der Waals surface area contributed by atoms with E-state index in [4.69, 9.17) is 4.74 Å². The molecule has 2 aromatic rings. The number of esters is 1. The van der Waals surface area contributed by atoms with Crippen LogP contribution in [0.5, 0.6) is 0 Å². The SMILES string of the molecule is CNC(=O)CNC(=O)COC(=O)CCCN1C(=O)c2cccc3cccc(c23)C1=O. The summed E-state index contributed by atoms with van der Waals surface area (Å²) in [6.07, 6.45) is 0.139. The Morgan fingerprint density at radius 3 is 2.20 bits per heavy atom. The first kappa shape index (κ1) is 21.0. The fourth-order valence-electron chi connectivity index (χ4n) is 3.20. The molecule has 0 unspecified atom stereocenters. The predicted octanol–water partition coefficient (Wildman–Crippen LogP) is 0.621. The minimum absolute atomic E-state index is 0.0559. The van der Waals surface area contributed by atoms with E-state index in [0.717, 1.165) is 10.3 Å². The Kier molecular flexibility index (Phi) is 6.41. The molecule has 2 aromatic carbocycles. The summed E-state index contributed by atoms with van der Waals surface area (Å²) in [5, 5.41) is 6.11. The number of nitrogens with one attached hydrogen (secondary N) is 2. The van der Waals surface area contributed by atoms with Crippen LogP contribution in [0, 0.1) is 0 Å². The monoisotopic (exact) mass is 411 g/mol. The van der Waals surface area contributed by atoms with Crippen molar-refractivity contribution in [1.82, 2.24) is 15.5 Å². The molecule has 0 aliphatic carbocycles. The number of hydrogen-bond acceptors (Lipinski definition) is 6. The second-order valence-electron chi connectivity index (χ2n) is 6.69. The molecular weight excluding hydrogens is 390 g/mol. The Labute approximate surface area is 172 Å². The Hall–Kier alpha value is -3.75. The van der Waals surface area contributed by atoms with Crippen LogP contribution in [0.15, 0.2) is 36.4 Å². The Balaban J connectivity index is 1.51. The predicted molar refractivity (Wildman–Crippen MR) is 107 cm³/mol. The molecule has 0 radical (unpaired) electrons. The number of carbonyl (C=O) groups is 5. The maximum absolute atomic E-state index is 12.8. The van der Waals surface area contributed by atoms with Crippen LogP contribution < -0.4 is 10.6 Å². The van der Waals surface area contributed by atoms with E-state index < -0.39 is 30.3 Å². The maximum Gasteiger partial charge on any atom is 0.306 e. The molecular formula is C21H21N3O6. The van der Waals surface area contributed by atoms with Crippen LogP contribution in [-0.2, 0) is 19.1 Å². The van der Waals surface area contributed by atoms with E-state index in [2.05, 4.69) is 10.6 Å². The van der Waals surface area contributed by atoms with Gasteiger partial charge in [-0.2, -0.15) is 0 Å². The summed E-state index contributed by atoms with van der Waals surface area (Å²) in [7, 11) is 1.44. The quantitative estimate of drug-likeness (QED) is 0.485. The van der Waals surface area contributed by atoms with Gasteiger partial charge in [-0.3, -0.25) is 28.9 Å². The van der Waals surface area contributed by atoms with Crippen molar-refractivity contribution in [2.75, 3.05) is 26.7 Å². The van der Waals surface area contributed by atoms with Gasteiger partial charge in [0.15, 0.2) is 6.61 Å². The molecule has 0 saturated carbocycles. The number of rotatable bonds is 8. The summed E-state index contributed by atoms with van der Waals surface area (Å²) in [6, 6.07) is 10.6. The highest BCUT2D eigenvalue weighted by atomic mass is 16.5. The molecule has 0 saturated heterocycles. The standard InChI is InChI=1S/C21H21N3O6/c1-22-16(25)11-23-17(26)12-30-18(27)9-4-10-24-20(28)14-7-2-5-13-6-3-8-15(19(13)14)21(24)29/h2-3,5-8H,4,9-12H2,1H3,(H,22,25)(H,23,26). The zero-order valence-corrected chi connectivity index (χ0v) is 16.4. The molecule has 9 nitrogen and oxygen atoms in total. The third kappa shape index (κ3) is 4.45. The second-order valence-corrected chi connectivity index (χ2v) is 6.69. The van der Waals surface area contributed by atoms with E-state index in [1.807, 2.05) is 12.1 Å². The maximum atomic E-state index is 12.8. The van der Waals surface area contributed by atoms with Crippen molar-refractivity contribution in [3.63, 3.8) is 0 Å². The lowest BCUT2D eigenvalue weighted by Crippen LogP contribution is -2.41. The first-order chi connectivity index (χ1) is 14.4. The molecule has 1 aliphatic rings. The zero-order valence-electron chi connectivity index (χ0n) is 16.4. The van der Waals surface area contributed by atoms with Gasteiger partial charge >= 0.3 is 5.97 Å². The topological polar surface area (TPSA) is 122 Å². The molecule has 0 bridgehead atoms. The molecule has 30 heavy (non-hydrogen) atoms. The van der Waals surface area contributed by atoms with E-state index in [1.165, 1.54) is 7.05 Å². The van der Waals surface area contributed by atoms with Crippen LogP contribution in [0.3, 0.4) is 0 Å². The molecule has 0 aromatic heterocycles. The number of imide groups is 1. The average Bonchev–Trinajstić information content (AvgIpc) is 2.76. The second kappa shape index (κ2) is 9.17. The lowest BCUT2D eigenvalue weighted by Gasteiger charge is -2.27. The van der Waals surface area contributed by atoms with Gasteiger partial charge in [0, 0.05) is 36.5 Å². The van der Waals surface area contributed by atoms with Gasteiger partial charge in [0.25, 0.3) is 17.7 Å². The molecule has 2 N–H and O–H groups in total. The van der Waals surface area contributed by atoms with Crippen molar-refractivity contribution < 1.29 is 28.7 Å². The molecule has 0 spiro atoms. The molecule has 0 atom stereocenters. The highest BCUT2D eigenvalue weighted by Crippen LogP contribution is 2.30. The summed E-state index contributed by atoms with van der Waals surface area (Å²) in [4.78, 5) is 61.0. The molecule has 9 heteroatoms. The van der Waals surface area contributed by atoms with Gasteiger partial charge in [-0.1, -0.05) is 24.3 Å². The van der Waals surface area contributed by atoms with Crippen LogP contribution in [0.2, 0.25) is 0 Å². The number of benzene rings is 2. The van der Waals surface area contributed by atoms with Gasteiger partial charge in [-0.25, -0.2) is 0 Å². The summed E-state index contributed by atoms with van der Waals surface area (Å²) < 4.78 is 4.84. The average molecular weight is 411 g/mol. The molecule has 4 amide bonds. The normalized spacial score (nSPS) is 12.6. The van der Waals surface area contributed by atoms with Gasteiger partial charge in [0.2, 0.25) is 5.91 Å². The van der Waals surface area contributed by atoms with Crippen molar-refractivity contribution >= 4 is 40.4 Å². The summed E-state index contributed by atoms with van der Waals surface area (Å²) in [5.74, 6) is -2.40. The third-order valence-corrected chi connectivity index (χ3v) is 4.71. The summed E-state index contributed by atoms with van der Waals surface area (Å²) in [6.45, 7) is -0.659. The van der Waals surface area contributed by atoms with Crippen molar-refractivity contribution in [2.45, 2.75) is 12.8 Å². The van der Waals surface area contributed by atoms with Crippen molar-refractivity contribution in [3.8, 4) is 0 Å². The van der Waals surface area contributed by atoms with E-state index in [1.54, 1.807) is 24.3 Å². The Morgan fingerprint density at radius 2 is 1.60 bits per heavy atom. The highest BCUT2D eigenvalue weighted by Gasteiger charge is 2.32. The van der Waals surface area contributed by atoms with Crippen molar-refractivity contribution in [2.24, 2.45) is 0 Å². The fourth-order valence-corrected chi connectivity index (χ4v) is 3.20. The molecule has 0 fully saturated rings. The van der Waals surface area contributed by atoms with Gasteiger partial charge in [-0.15, -0.1) is 0 Å². The van der Waals surface area contributed by atoms with Crippen LogP contribution >= 0.6 is 0 Å². The molecule has 3 rings (SSSR count). The number of hydrogen-bond donors (Lipinski definition) is 2. The lowest BCUT2D eigenvalue weighted by atomic mass is 9.94. The Morgan fingerprint density at radius 1 is 0.967 bits per heavy atom. The number of carbonyl (C=O) groups excluding carboxylic acids is 5. The zero-order chi connectivity index (χ0) is 21.7. The van der Waals surface area contributed by atoms with Crippen molar-refractivity contribution in [3.05, 3.63) is 47.5 Å². The van der Waals surface area contributed by atoms with E-state index in [-0.39, 0.29) is 31.8 Å². The molecule has 156 valence electrons. The minimum atomic E-state index is -0.635.